The average molecular weight is 182 g/mol. The number of rotatable bonds is 4. The zero-order chi connectivity index (χ0) is 9.73. The number of allylic oxidation sites excluding steroid dienone is 1. The van der Waals surface area contributed by atoms with Crippen molar-refractivity contribution >= 4 is 0 Å². The molecule has 1 aliphatic carbocycles. The van der Waals surface area contributed by atoms with Gasteiger partial charge in [0.05, 0.1) is 6.61 Å². The molecule has 1 rings (SSSR count). The summed E-state index contributed by atoms with van der Waals surface area (Å²) in [6, 6.07) is 0. The number of aliphatic hydroxyl groups excluding tert-OH is 1. The summed E-state index contributed by atoms with van der Waals surface area (Å²) >= 11 is 0. The number of nitrogens with one attached hydrogen (secondary N) is 1. The minimum absolute atomic E-state index is 0.00556. The van der Waals surface area contributed by atoms with Gasteiger partial charge >= 0.3 is 0 Å². The summed E-state index contributed by atoms with van der Waals surface area (Å²) < 4.78 is 0. The van der Waals surface area contributed by atoms with Crippen LogP contribution in [0, 0.1) is 0 Å². The van der Waals surface area contributed by atoms with Crippen LogP contribution in [0.15, 0.2) is 23.9 Å². The van der Waals surface area contributed by atoms with Gasteiger partial charge < -0.3 is 16.2 Å². The lowest BCUT2D eigenvalue weighted by molar-refractivity contribution is 0.266. The predicted octanol–water partition coefficient (Wildman–Crippen LogP) is 0.520. The standard InChI is InChI=1S/C10H18N2O/c1-2-10(12-7-8-13)5-3-9(11)4-6-10/h3-5,12-13H,2,6-8,11H2,1H3. The molecule has 13 heavy (non-hydrogen) atoms. The Morgan fingerprint density at radius 2 is 2.46 bits per heavy atom. The van der Waals surface area contributed by atoms with Gasteiger partial charge in [-0.1, -0.05) is 19.1 Å². The zero-order valence-electron chi connectivity index (χ0n) is 8.09. The Balaban J connectivity index is 2.58. The minimum Gasteiger partial charge on any atom is -0.399 e. The van der Waals surface area contributed by atoms with E-state index in [4.69, 9.17) is 10.8 Å². The third-order valence-electron chi connectivity index (χ3n) is 2.52. The van der Waals surface area contributed by atoms with Gasteiger partial charge in [0, 0.05) is 17.8 Å². The van der Waals surface area contributed by atoms with E-state index in [1.165, 1.54) is 0 Å². The maximum absolute atomic E-state index is 8.73. The molecule has 74 valence electrons. The summed E-state index contributed by atoms with van der Waals surface area (Å²) in [6.45, 7) is 2.94. The minimum atomic E-state index is 0.00556. The number of β-amino-alcohol motifs (C(OH)–C–C–N with tert-alkyl or cyclic N) is 1. The van der Waals surface area contributed by atoms with Crippen LogP contribution in [0.2, 0.25) is 0 Å². The second kappa shape index (κ2) is 4.44. The summed E-state index contributed by atoms with van der Waals surface area (Å²) in [6.07, 6.45) is 7.96. The van der Waals surface area contributed by atoms with E-state index in [-0.39, 0.29) is 12.1 Å². The summed E-state index contributed by atoms with van der Waals surface area (Å²) in [5, 5.41) is 12.1. The van der Waals surface area contributed by atoms with Gasteiger partial charge in [0.2, 0.25) is 0 Å². The quantitative estimate of drug-likeness (QED) is 0.594. The smallest absolute Gasteiger partial charge is 0.0556 e. The molecule has 1 unspecified atom stereocenters. The average Bonchev–Trinajstić information content (AvgIpc) is 2.18. The van der Waals surface area contributed by atoms with E-state index in [1.54, 1.807) is 0 Å². The molecule has 0 aromatic heterocycles. The van der Waals surface area contributed by atoms with Crippen LogP contribution >= 0.6 is 0 Å². The first-order valence-corrected chi connectivity index (χ1v) is 4.73. The molecule has 1 aliphatic rings. The Morgan fingerprint density at radius 3 is 2.92 bits per heavy atom. The molecule has 3 nitrogen and oxygen atoms in total. The largest absolute Gasteiger partial charge is 0.399 e. The molecule has 0 fully saturated rings. The van der Waals surface area contributed by atoms with Crippen molar-refractivity contribution in [2.75, 3.05) is 13.2 Å². The van der Waals surface area contributed by atoms with Crippen molar-refractivity contribution in [3.63, 3.8) is 0 Å². The van der Waals surface area contributed by atoms with Crippen LogP contribution in [-0.4, -0.2) is 23.8 Å². The molecule has 0 aromatic rings. The van der Waals surface area contributed by atoms with E-state index in [1.807, 2.05) is 12.2 Å². The lowest BCUT2D eigenvalue weighted by Gasteiger charge is -2.32. The van der Waals surface area contributed by atoms with Crippen molar-refractivity contribution in [1.82, 2.24) is 5.32 Å². The second-order valence-electron chi connectivity index (χ2n) is 3.40. The fourth-order valence-corrected chi connectivity index (χ4v) is 1.51. The second-order valence-corrected chi connectivity index (χ2v) is 3.40. The van der Waals surface area contributed by atoms with E-state index in [0.717, 1.165) is 18.5 Å². The summed E-state index contributed by atoms with van der Waals surface area (Å²) in [5.74, 6) is 0. The van der Waals surface area contributed by atoms with Gasteiger partial charge in [-0.3, -0.25) is 0 Å². The first-order chi connectivity index (χ1) is 6.22. The molecule has 0 bridgehead atoms. The van der Waals surface area contributed by atoms with Crippen molar-refractivity contribution < 1.29 is 5.11 Å². The highest BCUT2D eigenvalue weighted by molar-refractivity contribution is 5.26. The molecule has 0 aliphatic heterocycles. The molecule has 0 spiro atoms. The highest BCUT2D eigenvalue weighted by Crippen LogP contribution is 2.22. The van der Waals surface area contributed by atoms with Crippen molar-refractivity contribution in [3.05, 3.63) is 23.9 Å². The molecule has 0 amide bonds. The molecule has 0 heterocycles. The Morgan fingerprint density at radius 1 is 1.69 bits per heavy atom. The summed E-state index contributed by atoms with van der Waals surface area (Å²) in [7, 11) is 0. The maximum Gasteiger partial charge on any atom is 0.0556 e. The fourth-order valence-electron chi connectivity index (χ4n) is 1.51. The molecular formula is C10H18N2O. The van der Waals surface area contributed by atoms with E-state index in [0.29, 0.717) is 6.54 Å². The number of hydrogen-bond acceptors (Lipinski definition) is 3. The van der Waals surface area contributed by atoms with E-state index in [2.05, 4.69) is 18.3 Å². The van der Waals surface area contributed by atoms with Gasteiger partial charge in [0.1, 0.15) is 0 Å². The first-order valence-electron chi connectivity index (χ1n) is 4.73. The Bertz CT molecular complexity index is 223. The van der Waals surface area contributed by atoms with E-state index >= 15 is 0 Å². The predicted molar refractivity (Wildman–Crippen MR) is 54.1 cm³/mol. The van der Waals surface area contributed by atoms with Crippen LogP contribution in [0.5, 0.6) is 0 Å². The van der Waals surface area contributed by atoms with Gasteiger partial charge in [-0.25, -0.2) is 0 Å². The highest BCUT2D eigenvalue weighted by Gasteiger charge is 2.24. The van der Waals surface area contributed by atoms with Gasteiger partial charge in [0.15, 0.2) is 0 Å². The highest BCUT2D eigenvalue weighted by atomic mass is 16.3. The first kappa shape index (κ1) is 10.3. The normalized spacial score (nSPS) is 27.4. The fraction of sp³-hybridized carbons (Fsp3) is 0.600. The zero-order valence-corrected chi connectivity index (χ0v) is 8.09. The monoisotopic (exact) mass is 182 g/mol. The number of aliphatic hydroxyl groups is 1. The summed E-state index contributed by atoms with van der Waals surface area (Å²) in [4.78, 5) is 0. The molecule has 3 heteroatoms. The van der Waals surface area contributed by atoms with Crippen LogP contribution in [0.25, 0.3) is 0 Å². The SMILES string of the molecule is CCC1(NCCO)C=CC(N)=CC1. The topological polar surface area (TPSA) is 58.3 Å². The molecule has 0 aromatic carbocycles. The molecular weight excluding hydrogens is 164 g/mol. The summed E-state index contributed by atoms with van der Waals surface area (Å²) in [5.41, 5.74) is 6.47. The molecule has 0 saturated carbocycles. The van der Waals surface area contributed by atoms with Crippen molar-refractivity contribution in [1.29, 1.82) is 0 Å². The van der Waals surface area contributed by atoms with Crippen molar-refractivity contribution in [2.24, 2.45) is 5.73 Å². The van der Waals surface area contributed by atoms with Crippen LogP contribution in [0.1, 0.15) is 19.8 Å². The Labute approximate surface area is 79.3 Å². The van der Waals surface area contributed by atoms with Gasteiger partial charge in [-0.2, -0.15) is 0 Å². The molecule has 0 saturated heterocycles. The van der Waals surface area contributed by atoms with Gasteiger partial charge in [-0.05, 0) is 18.9 Å². The van der Waals surface area contributed by atoms with Crippen LogP contribution < -0.4 is 11.1 Å². The molecule has 0 radical (unpaired) electrons. The van der Waals surface area contributed by atoms with Crippen molar-refractivity contribution in [3.8, 4) is 0 Å². The third kappa shape index (κ3) is 2.57. The number of nitrogens with two attached hydrogens (primary N) is 1. The van der Waals surface area contributed by atoms with Crippen molar-refractivity contribution in [2.45, 2.75) is 25.3 Å². The van der Waals surface area contributed by atoms with Gasteiger partial charge in [0.25, 0.3) is 0 Å². The maximum atomic E-state index is 8.73. The van der Waals surface area contributed by atoms with E-state index in [9.17, 15) is 0 Å². The van der Waals surface area contributed by atoms with Crippen LogP contribution in [0.4, 0.5) is 0 Å². The van der Waals surface area contributed by atoms with Crippen LogP contribution in [0.3, 0.4) is 0 Å². The molecule has 1 atom stereocenters. The lowest BCUT2D eigenvalue weighted by atomic mass is 9.88. The van der Waals surface area contributed by atoms with Gasteiger partial charge in [-0.15, -0.1) is 0 Å². The number of hydrogen-bond donors (Lipinski definition) is 3. The van der Waals surface area contributed by atoms with Crippen LogP contribution in [-0.2, 0) is 0 Å². The Hall–Kier alpha value is -0.800. The Kier molecular flexibility index (Phi) is 3.51. The third-order valence-corrected chi connectivity index (χ3v) is 2.52. The lowest BCUT2D eigenvalue weighted by Crippen LogP contribution is -2.45. The molecule has 4 N–H and O–H groups in total. The van der Waals surface area contributed by atoms with E-state index < -0.39 is 0 Å².